The molecular formula is C28H41IN2O7. The van der Waals surface area contributed by atoms with Gasteiger partial charge in [0.2, 0.25) is 11.8 Å². The maximum atomic E-state index is 13.4. The van der Waals surface area contributed by atoms with Crippen LogP contribution < -0.4 is 14.8 Å². The number of nitrogens with zero attached hydrogens (tertiary/aromatic N) is 1. The van der Waals surface area contributed by atoms with Crippen molar-refractivity contribution in [2.45, 2.75) is 77.5 Å². The molecule has 1 aromatic carbocycles. The molecule has 0 aliphatic heterocycles. The van der Waals surface area contributed by atoms with Gasteiger partial charge in [0.15, 0.2) is 11.5 Å². The van der Waals surface area contributed by atoms with Crippen LogP contribution in [-0.4, -0.2) is 78.3 Å². The number of halogens is 1. The summed E-state index contributed by atoms with van der Waals surface area (Å²) < 4.78 is 12.3. The van der Waals surface area contributed by atoms with Crippen molar-refractivity contribution in [1.29, 1.82) is 0 Å². The van der Waals surface area contributed by atoms with E-state index in [-0.39, 0.29) is 37.3 Å². The zero-order valence-electron chi connectivity index (χ0n) is 22.7. The largest absolute Gasteiger partial charge is 0.493 e. The van der Waals surface area contributed by atoms with E-state index in [1.807, 2.05) is 36.4 Å². The second kappa shape index (κ2) is 16.0. The van der Waals surface area contributed by atoms with Crippen LogP contribution in [0.2, 0.25) is 0 Å². The minimum atomic E-state index is -1.11. The number of nitrogens with one attached hydrogen (secondary N) is 1. The van der Waals surface area contributed by atoms with Crippen LogP contribution in [0.5, 0.6) is 11.5 Å². The molecule has 0 fully saturated rings. The summed E-state index contributed by atoms with van der Waals surface area (Å²) in [7, 11) is 1.46. The van der Waals surface area contributed by atoms with Crippen LogP contribution in [0, 0.1) is 9.49 Å². The molecular weight excluding hydrogens is 603 g/mol. The lowest BCUT2D eigenvalue weighted by atomic mass is 9.87. The first-order valence-corrected chi connectivity index (χ1v) is 14.3. The molecule has 0 saturated heterocycles. The average molecular weight is 645 g/mol. The van der Waals surface area contributed by atoms with E-state index in [4.69, 9.17) is 9.47 Å². The monoisotopic (exact) mass is 644 g/mol. The number of carbonyl (C=O) groups excluding carboxylic acids is 3. The molecule has 9 nitrogen and oxygen atoms in total. The third-order valence-corrected chi connectivity index (χ3v) is 7.21. The van der Waals surface area contributed by atoms with E-state index in [1.54, 1.807) is 23.1 Å². The lowest BCUT2D eigenvalue weighted by Gasteiger charge is -2.41. The zero-order valence-corrected chi connectivity index (χ0v) is 24.9. The fourth-order valence-electron chi connectivity index (χ4n) is 4.49. The third-order valence-electron chi connectivity index (χ3n) is 6.41. The molecule has 3 N–H and O–H groups in total. The Hall–Kier alpha value is -2.18. The van der Waals surface area contributed by atoms with Crippen LogP contribution in [0.25, 0.3) is 0 Å². The number of carbonyl (C=O) groups is 3. The van der Waals surface area contributed by atoms with Crippen molar-refractivity contribution < 1.29 is 34.1 Å². The fraction of sp³-hybridized carbons (Fsp3) is 0.607. The molecule has 0 radical (unpaired) electrons. The van der Waals surface area contributed by atoms with E-state index in [0.29, 0.717) is 45.5 Å². The summed E-state index contributed by atoms with van der Waals surface area (Å²) in [5.41, 5.74) is 0.783. The zero-order chi connectivity index (χ0) is 28.2. The van der Waals surface area contributed by atoms with Gasteiger partial charge in [-0.1, -0.05) is 40.0 Å². The van der Waals surface area contributed by atoms with E-state index >= 15 is 0 Å². The first-order valence-electron chi connectivity index (χ1n) is 13.2. The van der Waals surface area contributed by atoms with Crippen LogP contribution in [0.4, 0.5) is 0 Å². The lowest BCUT2D eigenvalue weighted by Crippen LogP contribution is -2.55. The number of aliphatic hydroxyl groups excluding tert-OH is 2. The van der Waals surface area contributed by atoms with Crippen LogP contribution in [0.3, 0.4) is 0 Å². The van der Waals surface area contributed by atoms with Crippen LogP contribution in [0.15, 0.2) is 23.8 Å². The van der Waals surface area contributed by atoms with Gasteiger partial charge in [-0.15, -0.1) is 0 Å². The number of benzene rings is 1. The van der Waals surface area contributed by atoms with Crippen molar-refractivity contribution in [3.8, 4) is 11.5 Å². The standard InChI is InChI=1S/C28H41IN2O7/c1-5-6-7-8-10-31(25(34)12-18(2)3)22-15-20(28(36)30-9-11-32)16-23(26(22)35)38-27-21(29)13-19(17-33)14-24(27)37-4/h13-14,16-18,22-23,26,32,35H,5-12,15H2,1-4H3,(H,30,36). The van der Waals surface area contributed by atoms with Gasteiger partial charge < -0.3 is 29.9 Å². The molecule has 2 amide bonds. The van der Waals surface area contributed by atoms with Gasteiger partial charge in [-0.2, -0.15) is 0 Å². The van der Waals surface area contributed by atoms with E-state index in [1.165, 1.54) is 7.11 Å². The van der Waals surface area contributed by atoms with Crippen molar-refractivity contribution in [3.05, 3.63) is 32.9 Å². The highest BCUT2D eigenvalue weighted by molar-refractivity contribution is 14.1. The van der Waals surface area contributed by atoms with Crippen molar-refractivity contribution in [2.75, 3.05) is 26.8 Å². The van der Waals surface area contributed by atoms with Gasteiger partial charge in [0.05, 0.1) is 23.3 Å². The Kier molecular flexibility index (Phi) is 13.5. The summed E-state index contributed by atoms with van der Waals surface area (Å²) >= 11 is 2.03. The Balaban J connectivity index is 2.47. The van der Waals surface area contributed by atoms with Gasteiger partial charge in [0.1, 0.15) is 18.5 Å². The number of hydrogen-bond donors (Lipinski definition) is 3. The van der Waals surface area contributed by atoms with Crippen molar-refractivity contribution in [1.82, 2.24) is 10.2 Å². The van der Waals surface area contributed by atoms with Gasteiger partial charge in [-0.05, 0) is 53.1 Å². The van der Waals surface area contributed by atoms with Gasteiger partial charge >= 0.3 is 0 Å². The Morgan fingerprint density at radius 2 is 2.00 bits per heavy atom. The molecule has 3 atom stereocenters. The molecule has 0 aromatic heterocycles. The maximum Gasteiger partial charge on any atom is 0.247 e. The maximum absolute atomic E-state index is 13.4. The van der Waals surface area contributed by atoms with E-state index in [2.05, 4.69) is 12.2 Å². The average Bonchev–Trinajstić information content (AvgIpc) is 2.88. The molecule has 3 unspecified atom stereocenters. The molecule has 38 heavy (non-hydrogen) atoms. The van der Waals surface area contributed by atoms with Crippen molar-refractivity contribution >= 4 is 40.7 Å². The molecule has 0 saturated carbocycles. The molecule has 0 heterocycles. The minimum absolute atomic E-state index is 0.0705. The highest BCUT2D eigenvalue weighted by Gasteiger charge is 2.40. The number of unbranched alkanes of at least 4 members (excludes halogenated alkanes) is 3. The Labute approximate surface area is 239 Å². The Morgan fingerprint density at radius 1 is 1.26 bits per heavy atom. The number of aliphatic hydroxyl groups is 2. The molecule has 0 spiro atoms. The molecule has 1 aliphatic rings. The summed E-state index contributed by atoms with van der Waals surface area (Å²) in [6, 6.07) is 2.51. The molecule has 1 aromatic rings. The minimum Gasteiger partial charge on any atom is -0.493 e. The van der Waals surface area contributed by atoms with E-state index in [9.17, 15) is 24.6 Å². The van der Waals surface area contributed by atoms with Crippen LogP contribution >= 0.6 is 22.6 Å². The highest BCUT2D eigenvalue weighted by Crippen LogP contribution is 2.37. The number of aldehydes is 1. The summed E-state index contributed by atoms with van der Waals surface area (Å²) in [6.45, 7) is 6.41. The molecule has 10 heteroatoms. The summed E-state index contributed by atoms with van der Waals surface area (Å²) in [4.78, 5) is 39.4. The second-order valence-electron chi connectivity index (χ2n) is 9.91. The number of amides is 2. The Bertz CT molecular complexity index is 982. The Morgan fingerprint density at radius 3 is 2.61 bits per heavy atom. The smallest absolute Gasteiger partial charge is 0.247 e. The second-order valence-corrected chi connectivity index (χ2v) is 11.1. The number of hydrogen-bond acceptors (Lipinski definition) is 7. The predicted octanol–water partition coefficient (Wildman–Crippen LogP) is 3.48. The molecule has 1 aliphatic carbocycles. The molecule has 2 rings (SSSR count). The van der Waals surface area contributed by atoms with Gasteiger partial charge in [-0.25, -0.2) is 0 Å². The predicted molar refractivity (Wildman–Crippen MR) is 153 cm³/mol. The summed E-state index contributed by atoms with van der Waals surface area (Å²) in [5.74, 6) is 0.333. The lowest BCUT2D eigenvalue weighted by molar-refractivity contribution is -0.139. The summed E-state index contributed by atoms with van der Waals surface area (Å²) in [6.07, 6.45) is 4.56. The van der Waals surface area contributed by atoms with Crippen molar-refractivity contribution in [3.63, 3.8) is 0 Å². The first kappa shape index (κ1) is 32.0. The number of ether oxygens (including phenoxy) is 2. The third kappa shape index (κ3) is 8.94. The molecule has 212 valence electrons. The SMILES string of the molecule is CCCCCCN(C(=O)CC(C)C)C1CC(C(=O)NCCO)=CC(Oc2c(I)cc(C=O)cc2OC)C1O. The topological polar surface area (TPSA) is 125 Å². The normalized spacial score (nSPS) is 19.1. The fourth-order valence-corrected chi connectivity index (χ4v) is 5.24. The number of rotatable bonds is 15. The first-order chi connectivity index (χ1) is 18.2. The van der Waals surface area contributed by atoms with Crippen LogP contribution in [-0.2, 0) is 9.59 Å². The highest BCUT2D eigenvalue weighted by atomic mass is 127. The molecule has 0 bridgehead atoms. The van der Waals surface area contributed by atoms with Crippen LogP contribution in [0.1, 0.15) is 69.7 Å². The quantitative estimate of drug-likeness (QED) is 0.152. The van der Waals surface area contributed by atoms with Crippen molar-refractivity contribution in [2.24, 2.45) is 5.92 Å². The van der Waals surface area contributed by atoms with Gasteiger partial charge in [0, 0.05) is 37.1 Å². The van der Waals surface area contributed by atoms with Gasteiger partial charge in [0.25, 0.3) is 0 Å². The van der Waals surface area contributed by atoms with E-state index < -0.39 is 18.2 Å². The van der Waals surface area contributed by atoms with E-state index in [0.717, 1.165) is 25.7 Å². The number of methoxy groups -OCH3 is 1. The summed E-state index contributed by atoms with van der Waals surface area (Å²) in [5, 5.41) is 23.4. The van der Waals surface area contributed by atoms with Gasteiger partial charge in [-0.3, -0.25) is 14.4 Å².